The first-order valence-electron chi connectivity index (χ1n) is 8.75. The SMILES string of the molecule is O=[N+]([O-])[O-].[Cu+2].[O-][Cl+3]([O-])([O-])[O-].c1ccc(-c2ccccn2)nc1.c1ccc(-c2ccccn2)nc1. The van der Waals surface area contributed by atoms with Crippen molar-refractivity contribution in [2.45, 2.75) is 0 Å². The second-order valence-electron chi connectivity index (χ2n) is 5.46. The zero-order valence-electron chi connectivity index (χ0n) is 17.0. The van der Waals surface area contributed by atoms with Gasteiger partial charge in [0.25, 0.3) is 0 Å². The van der Waals surface area contributed by atoms with E-state index in [0.29, 0.717) is 0 Å². The van der Waals surface area contributed by atoms with Gasteiger partial charge in [0.05, 0.1) is 27.9 Å². The molecule has 4 aromatic rings. The van der Waals surface area contributed by atoms with Gasteiger partial charge in [-0.3, -0.25) is 19.9 Å². The Balaban J connectivity index is 0.000000469. The van der Waals surface area contributed by atoms with Gasteiger partial charge in [-0.15, -0.1) is 10.2 Å². The molecule has 14 heteroatoms. The van der Waals surface area contributed by atoms with E-state index in [-0.39, 0.29) is 17.1 Å². The third kappa shape index (κ3) is 16.1. The zero-order chi connectivity index (χ0) is 24.5. The van der Waals surface area contributed by atoms with E-state index in [1.54, 1.807) is 24.8 Å². The minimum Gasteiger partial charge on any atom is -0.356 e. The standard InChI is InChI=1S/2C10H8N2.ClHO4.Cu.NO3/c2*1-3-7-11-9(5-1)10-6-2-4-8-12-10;2-1(3,4)5;;2-1(3)4/h2*1-8H;(H,2,3,4,5);;/q;;;+2;-1/p-1. The van der Waals surface area contributed by atoms with Crippen molar-refractivity contribution in [3.63, 3.8) is 0 Å². The minimum atomic E-state index is -4.94. The summed E-state index contributed by atoms with van der Waals surface area (Å²) in [5, 5.41) is 14.8. The molecule has 181 valence electrons. The molecule has 0 fully saturated rings. The van der Waals surface area contributed by atoms with Crippen molar-refractivity contribution in [2.75, 3.05) is 0 Å². The molecule has 0 spiro atoms. The first kappa shape index (κ1) is 30.4. The monoisotopic (exact) mass is 536 g/mol. The number of rotatable bonds is 2. The average Bonchev–Trinajstić information content (AvgIpc) is 2.80. The van der Waals surface area contributed by atoms with Crippen LogP contribution in [0, 0.1) is 25.6 Å². The molecule has 4 heterocycles. The van der Waals surface area contributed by atoms with Crippen LogP contribution in [0.4, 0.5) is 0 Å². The third-order valence-electron chi connectivity index (χ3n) is 3.18. The predicted octanol–water partition coefficient (Wildman–Crippen LogP) is -0.710. The molecule has 0 aliphatic carbocycles. The molecule has 12 nitrogen and oxygen atoms in total. The topological polar surface area (TPSA) is 210 Å². The molecule has 34 heavy (non-hydrogen) atoms. The molecule has 0 bridgehead atoms. The van der Waals surface area contributed by atoms with Gasteiger partial charge in [0.1, 0.15) is 0 Å². The molecule has 0 saturated heterocycles. The van der Waals surface area contributed by atoms with Crippen molar-refractivity contribution >= 4 is 0 Å². The van der Waals surface area contributed by atoms with Crippen LogP contribution >= 0.6 is 0 Å². The van der Waals surface area contributed by atoms with Gasteiger partial charge in [0.2, 0.25) is 0 Å². The number of hydrogen-bond acceptors (Lipinski definition) is 11. The van der Waals surface area contributed by atoms with E-state index < -0.39 is 15.3 Å². The summed E-state index contributed by atoms with van der Waals surface area (Å²) in [6.45, 7) is 0. The number of nitrogens with zero attached hydrogens (tertiary/aromatic N) is 5. The Bertz CT molecular complexity index is 888. The van der Waals surface area contributed by atoms with Crippen molar-refractivity contribution in [3.05, 3.63) is 113 Å². The molecule has 0 aliphatic heterocycles. The molecule has 0 amide bonds. The van der Waals surface area contributed by atoms with Crippen molar-refractivity contribution < 1.29 is 51.0 Å². The van der Waals surface area contributed by atoms with Crippen LogP contribution < -0.4 is 18.6 Å². The van der Waals surface area contributed by atoms with Crippen LogP contribution in [-0.4, -0.2) is 25.0 Å². The second-order valence-corrected chi connectivity index (χ2v) is 6.22. The summed E-state index contributed by atoms with van der Waals surface area (Å²) in [5.41, 5.74) is 3.66. The van der Waals surface area contributed by atoms with Gasteiger partial charge in [-0.25, -0.2) is 18.6 Å². The van der Waals surface area contributed by atoms with E-state index in [4.69, 9.17) is 34.0 Å². The fraction of sp³-hybridized carbons (Fsp3) is 0. The van der Waals surface area contributed by atoms with Crippen molar-refractivity contribution in [3.8, 4) is 22.8 Å². The minimum absolute atomic E-state index is 0. The molecule has 0 aromatic carbocycles. The van der Waals surface area contributed by atoms with E-state index in [1.807, 2.05) is 72.8 Å². The number of halogens is 1. The Kier molecular flexibility index (Phi) is 15.2. The van der Waals surface area contributed by atoms with Crippen LogP contribution in [0.25, 0.3) is 22.8 Å². The maximum Gasteiger partial charge on any atom is 2.00 e. The van der Waals surface area contributed by atoms with E-state index in [1.165, 1.54) is 0 Å². The Morgan fingerprint density at radius 2 is 0.706 bits per heavy atom. The molecule has 0 aliphatic rings. The van der Waals surface area contributed by atoms with Gasteiger partial charge < -0.3 is 15.3 Å². The van der Waals surface area contributed by atoms with Crippen LogP contribution in [0.1, 0.15) is 0 Å². The van der Waals surface area contributed by atoms with Gasteiger partial charge in [0, 0.05) is 24.8 Å². The molecular weight excluding hydrogens is 521 g/mol. The number of hydrogen-bond donors (Lipinski definition) is 0. The maximum atomic E-state index is 8.49. The number of pyridine rings is 4. The summed E-state index contributed by atoms with van der Waals surface area (Å²) in [4.78, 5) is 25.0. The number of aromatic nitrogens is 4. The molecule has 0 atom stereocenters. The third-order valence-corrected chi connectivity index (χ3v) is 3.18. The molecule has 0 unspecified atom stereocenters. The summed E-state index contributed by atoms with van der Waals surface area (Å²) >= 11 is 0. The fourth-order valence-corrected chi connectivity index (χ4v) is 2.06. The van der Waals surface area contributed by atoms with Gasteiger partial charge in [-0.1, -0.05) is 24.3 Å². The molecule has 4 aromatic heterocycles. The van der Waals surface area contributed by atoms with Gasteiger partial charge in [0.15, 0.2) is 0 Å². The normalized spacial score (nSPS) is 9.29. The first-order valence-corrected chi connectivity index (χ1v) is 9.98. The van der Waals surface area contributed by atoms with Crippen molar-refractivity contribution in [1.82, 2.24) is 19.9 Å². The largest absolute Gasteiger partial charge is 2.00 e. The Hall–Kier alpha value is -3.55. The van der Waals surface area contributed by atoms with Crippen LogP contribution in [0.3, 0.4) is 0 Å². The van der Waals surface area contributed by atoms with Gasteiger partial charge >= 0.3 is 17.1 Å². The fourth-order valence-electron chi connectivity index (χ4n) is 2.06. The second kappa shape index (κ2) is 17.0. The molecule has 4 rings (SSSR count). The Morgan fingerprint density at radius 1 is 0.529 bits per heavy atom. The average molecular weight is 537 g/mol. The zero-order valence-corrected chi connectivity index (χ0v) is 18.7. The Morgan fingerprint density at radius 3 is 0.824 bits per heavy atom. The molecule has 0 N–H and O–H groups in total. The summed E-state index contributed by atoms with van der Waals surface area (Å²) in [7, 11) is -4.94. The first-order chi connectivity index (χ1) is 15.7. The molecule has 0 saturated carbocycles. The summed E-state index contributed by atoms with van der Waals surface area (Å²) in [6.07, 6.45) is 7.07. The van der Waals surface area contributed by atoms with Crippen LogP contribution in [0.5, 0.6) is 0 Å². The van der Waals surface area contributed by atoms with Crippen LogP contribution in [0.2, 0.25) is 0 Å². The predicted molar refractivity (Wildman–Crippen MR) is 105 cm³/mol. The molecular formula is C20H16ClCuN5O7. The van der Waals surface area contributed by atoms with E-state index >= 15 is 0 Å². The smallest absolute Gasteiger partial charge is 0.356 e. The molecule has 1 radical (unpaired) electrons. The Labute approximate surface area is 206 Å². The van der Waals surface area contributed by atoms with E-state index in [9.17, 15) is 0 Å². The van der Waals surface area contributed by atoms with E-state index in [2.05, 4.69) is 19.9 Å². The summed E-state index contributed by atoms with van der Waals surface area (Å²) in [5.74, 6) is 0. The quantitative estimate of drug-likeness (QED) is 0.177. The summed E-state index contributed by atoms with van der Waals surface area (Å²) < 4.78 is 34.0. The van der Waals surface area contributed by atoms with Gasteiger partial charge in [-0.05, 0) is 48.5 Å². The summed E-state index contributed by atoms with van der Waals surface area (Å²) in [6, 6.07) is 23.2. The van der Waals surface area contributed by atoms with Crippen LogP contribution in [0.15, 0.2) is 97.6 Å². The van der Waals surface area contributed by atoms with Crippen LogP contribution in [-0.2, 0) is 17.1 Å². The van der Waals surface area contributed by atoms with Gasteiger partial charge in [-0.2, -0.15) is 0 Å². The van der Waals surface area contributed by atoms with E-state index in [0.717, 1.165) is 22.8 Å². The van der Waals surface area contributed by atoms with Crippen molar-refractivity contribution in [2.24, 2.45) is 0 Å². The maximum absolute atomic E-state index is 8.49. The van der Waals surface area contributed by atoms with Crippen molar-refractivity contribution in [1.29, 1.82) is 0 Å².